The smallest absolute Gasteiger partial charge is 0.325 e. The van der Waals surface area contributed by atoms with Gasteiger partial charge in [0.2, 0.25) is 5.91 Å². The third-order valence-electron chi connectivity index (χ3n) is 5.12. The lowest BCUT2D eigenvalue weighted by atomic mass is 9.92. The third kappa shape index (κ3) is 4.63. The first-order chi connectivity index (χ1) is 14.8. The fourth-order valence-electron chi connectivity index (χ4n) is 3.36. The number of carbonyl (C=O) groups excluding carboxylic acids is 3. The van der Waals surface area contributed by atoms with Crippen molar-refractivity contribution in [1.29, 1.82) is 0 Å². The van der Waals surface area contributed by atoms with E-state index in [1.54, 1.807) is 44.4 Å². The van der Waals surface area contributed by atoms with Gasteiger partial charge in [0.1, 0.15) is 23.6 Å². The molecule has 8 nitrogen and oxygen atoms in total. The van der Waals surface area contributed by atoms with Crippen molar-refractivity contribution in [2.45, 2.75) is 32.7 Å². The van der Waals surface area contributed by atoms with Gasteiger partial charge in [-0.15, -0.1) is 0 Å². The van der Waals surface area contributed by atoms with Crippen LogP contribution < -0.4 is 20.1 Å². The Bertz CT molecular complexity index is 989. The zero-order chi connectivity index (χ0) is 22.6. The highest BCUT2D eigenvalue weighted by molar-refractivity contribution is 6.10. The Hall–Kier alpha value is -3.55. The van der Waals surface area contributed by atoms with Crippen LogP contribution in [0.4, 0.5) is 10.5 Å². The molecule has 2 aromatic carbocycles. The highest BCUT2D eigenvalue weighted by Gasteiger charge is 2.49. The molecule has 164 valence electrons. The first-order valence-electron chi connectivity index (χ1n) is 10.1. The second-order valence-electron chi connectivity index (χ2n) is 7.57. The lowest BCUT2D eigenvalue weighted by molar-refractivity contribution is -0.133. The van der Waals surface area contributed by atoms with Gasteiger partial charge in [0.15, 0.2) is 0 Å². The minimum Gasteiger partial charge on any atom is -0.497 e. The molecule has 3 rings (SSSR count). The summed E-state index contributed by atoms with van der Waals surface area (Å²) in [6.07, 6.45) is 0.827. The molecule has 1 unspecified atom stereocenters. The summed E-state index contributed by atoms with van der Waals surface area (Å²) in [6, 6.07) is 11.7. The van der Waals surface area contributed by atoms with Crippen LogP contribution in [0.1, 0.15) is 31.4 Å². The first kappa shape index (κ1) is 22.1. The SMILES string of the molecule is CCCOc1cc(C)ccc1NC(=O)CN1C(=O)NC(C)(c2ccc(OC)cc2)C1=O. The second-order valence-corrected chi connectivity index (χ2v) is 7.57. The summed E-state index contributed by atoms with van der Waals surface area (Å²) in [6.45, 7) is 5.64. The van der Waals surface area contributed by atoms with Gasteiger partial charge >= 0.3 is 6.03 Å². The molecule has 1 heterocycles. The summed E-state index contributed by atoms with van der Waals surface area (Å²) in [7, 11) is 1.55. The predicted molar refractivity (Wildman–Crippen MR) is 116 cm³/mol. The topological polar surface area (TPSA) is 97.0 Å². The van der Waals surface area contributed by atoms with Crippen molar-refractivity contribution in [3.8, 4) is 11.5 Å². The Labute approximate surface area is 181 Å². The van der Waals surface area contributed by atoms with Crippen molar-refractivity contribution in [2.24, 2.45) is 0 Å². The number of ether oxygens (including phenoxy) is 2. The summed E-state index contributed by atoms with van der Waals surface area (Å²) in [5.41, 5.74) is 0.828. The number of hydrogen-bond acceptors (Lipinski definition) is 5. The minimum atomic E-state index is -1.26. The number of hydrogen-bond donors (Lipinski definition) is 2. The monoisotopic (exact) mass is 425 g/mol. The molecule has 8 heteroatoms. The molecule has 31 heavy (non-hydrogen) atoms. The van der Waals surface area contributed by atoms with Crippen LogP contribution in [0.15, 0.2) is 42.5 Å². The van der Waals surface area contributed by atoms with Crippen LogP contribution in [0.25, 0.3) is 0 Å². The fourth-order valence-corrected chi connectivity index (χ4v) is 3.36. The highest BCUT2D eigenvalue weighted by Crippen LogP contribution is 2.30. The van der Waals surface area contributed by atoms with Gasteiger partial charge in [-0.1, -0.05) is 25.1 Å². The maximum atomic E-state index is 13.0. The molecular weight excluding hydrogens is 398 g/mol. The molecule has 1 fully saturated rings. The number of methoxy groups -OCH3 is 1. The number of imide groups is 1. The quantitative estimate of drug-likeness (QED) is 0.633. The number of anilines is 1. The van der Waals surface area contributed by atoms with Crippen molar-refractivity contribution in [2.75, 3.05) is 25.6 Å². The van der Waals surface area contributed by atoms with Crippen molar-refractivity contribution >= 4 is 23.5 Å². The summed E-state index contributed by atoms with van der Waals surface area (Å²) < 4.78 is 10.8. The van der Waals surface area contributed by atoms with Gasteiger partial charge in [-0.05, 0) is 55.7 Å². The molecule has 0 aromatic heterocycles. The van der Waals surface area contributed by atoms with Gasteiger partial charge in [-0.25, -0.2) is 4.79 Å². The summed E-state index contributed by atoms with van der Waals surface area (Å²) in [5, 5.41) is 5.43. The number of nitrogens with one attached hydrogen (secondary N) is 2. The average Bonchev–Trinajstić information content (AvgIpc) is 2.97. The van der Waals surface area contributed by atoms with E-state index in [2.05, 4.69) is 10.6 Å². The van der Waals surface area contributed by atoms with Crippen LogP contribution in [0.2, 0.25) is 0 Å². The van der Waals surface area contributed by atoms with E-state index in [1.165, 1.54) is 0 Å². The van der Waals surface area contributed by atoms with E-state index < -0.39 is 29.9 Å². The van der Waals surface area contributed by atoms with E-state index in [1.807, 2.05) is 26.0 Å². The number of urea groups is 1. The van der Waals surface area contributed by atoms with Gasteiger partial charge in [-0.3, -0.25) is 14.5 Å². The lowest BCUT2D eigenvalue weighted by Gasteiger charge is -2.22. The molecule has 0 saturated carbocycles. The van der Waals surface area contributed by atoms with E-state index in [4.69, 9.17) is 9.47 Å². The van der Waals surface area contributed by atoms with Gasteiger partial charge in [0.25, 0.3) is 5.91 Å². The number of carbonyl (C=O) groups is 3. The van der Waals surface area contributed by atoms with Crippen molar-refractivity contribution in [3.05, 3.63) is 53.6 Å². The van der Waals surface area contributed by atoms with Crippen molar-refractivity contribution in [3.63, 3.8) is 0 Å². The first-order valence-corrected chi connectivity index (χ1v) is 10.1. The van der Waals surface area contributed by atoms with Crippen LogP contribution in [0, 0.1) is 6.92 Å². The molecular formula is C23H27N3O5. The average molecular weight is 425 g/mol. The second kappa shape index (κ2) is 9.07. The summed E-state index contributed by atoms with van der Waals surface area (Å²) in [4.78, 5) is 39.1. The zero-order valence-corrected chi connectivity index (χ0v) is 18.2. The maximum absolute atomic E-state index is 13.0. The Morgan fingerprint density at radius 2 is 1.87 bits per heavy atom. The number of nitrogens with zero attached hydrogens (tertiary/aromatic N) is 1. The Kier molecular flexibility index (Phi) is 6.48. The Morgan fingerprint density at radius 1 is 1.16 bits per heavy atom. The van der Waals surface area contributed by atoms with Crippen molar-refractivity contribution in [1.82, 2.24) is 10.2 Å². The van der Waals surface area contributed by atoms with Crippen LogP contribution in [-0.4, -0.2) is 43.0 Å². The van der Waals surface area contributed by atoms with Crippen molar-refractivity contribution < 1.29 is 23.9 Å². The fraction of sp³-hybridized carbons (Fsp3) is 0.348. The molecule has 0 radical (unpaired) electrons. The van der Waals surface area contributed by atoms with E-state index in [0.29, 0.717) is 29.4 Å². The van der Waals surface area contributed by atoms with Gasteiger partial charge in [0, 0.05) is 0 Å². The minimum absolute atomic E-state index is 0.405. The van der Waals surface area contributed by atoms with E-state index in [0.717, 1.165) is 16.9 Å². The van der Waals surface area contributed by atoms with Crippen LogP contribution >= 0.6 is 0 Å². The van der Waals surface area contributed by atoms with E-state index in [9.17, 15) is 14.4 Å². The maximum Gasteiger partial charge on any atom is 0.325 e. The molecule has 2 aromatic rings. The summed E-state index contributed by atoms with van der Waals surface area (Å²) in [5.74, 6) is 0.201. The number of rotatable bonds is 8. The van der Waals surface area contributed by atoms with Crippen LogP contribution in [0.3, 0.4) is 0 Å². The van der Waals surface area contributed by atoms with E-state index >= 15 is 0 Å². The summed E-state index contributed by atoms with van der Waals surface area (Å²) >= 11 is 0. The Balaban J connectivity index is 1.73. The largest absolute Gasteiger partial charge is 0.497 e. The highest BCUT2D eigenvalue weighted by atomic mass is 16.5. The molecule has 1 saturated heterocycles. The van der Waals surface area contributed by atoms with Crippen LogP contribution in [0.5, 0.6) is 11.5 Å². The number of benzene rings is 2. The van der Waals surface area contributed by atoms with Gasteiger partial charge in [-0.2, -0.15) is 0 Å². The standard InChI is InChI=1S/C23H27N3O5/c1-5-12-31-19-13-15(2)6-11-18(19)24-20(27)14-26-21(28)23(3,25-22(26)29)16-7-9-17(30-4)10-8-16/h6-11,13H,5,12,14H2,1-4H3,(H,24,27)(H,25,29). The van der Waals surface area contributed by atoms with E-state index in [-0.39, 0.29) is 0 Å². The molecule has 4 amide bonds. The van der Waals surface area contributed by atoms with Gasteiger partial charge < -0.3 is 20.1 Å². The molecule has 1 aliphatic rings. The molecule has 2 N–H and O–H groups in total. The molecule has 0 aliphatic carbocycles. The normalized spacial score (nSPS) is 18.0. The molecule has 0 bridgehead atoms. The van der Waals surface area contributed by atoms with Gasteiger partial charge in [0.05, 0.1) is 19.4 Å². The predicted octanol–water partition coefficient (Wildman–Crippen LogP) is 3.20. The number of amides is 4. The molecule has 0 spiro atoms. The number of aryl methyl sites for hydroxylation is 1. The lowest BCUT2D eigenvalue weighted by Crippen LogP contribution is -2.42. The Morgan fingerprint density at radius 3 is 2.52 bits per heavy atom. The zero-order valence-electron chi connectivity index (χ0n) is 18.2. The third-order valence-corrected chi connectivity index (χ3v) is 5.12. The van der Waals surface area contributed by atoms with Crippen LogP contribution in [-0.2, 0) is 15.1 Å². The molecule has 1 aliphatic heterocycles. The molecule has 1 atom stereocenters.